The number of carbonyl (C=O) groups is 1. The van der Waals surface area contributed by atoms with Crippen LogP contribution in [0.5, 0.6) is 0 Å². The highest BCUT2D eigenvalue weighted by Crippen LogP contribution is 2.49. The zero-order valence-electron chi connectivity index (χ0n) is 14.9. The van der Waals surface area contributed by atoms with Crippen molar-refractivity contribution in [3.8, 4) is 11.4 Å². The first-order chi connectivity index (χ1) is 12.7. The topological polar surface area (TPSA) is 93.4 Å². The molecule has 2 aliphatic rings. The van der Waals surface area contributed by atoms with E-state index in [1.807, 2.05) is 24.0 Å². The van der Waals surface area contributed by atoms with Crippen LogP contribution in [-0.2, 0) is 4.74 Å². The molecule has 0 radical (unpaired) electrons. The first-order valence-corrected chi connectivity index (χ1v) is 9.06. The predicted molar refractivity (Wildman–Crippen MR) is 93.4 cm³/mol. The van der Waals surface area contributed by atoms with Gasteiger partial charge in [0.15, 0.2) is 0 Å². The highest BCUT2D eigenvalue weighted by atomic mass is 16.5. The average molecular weight is 357 g/mol. The fourth-order valence-corrected chi connectivity index (χ4v) is 4.00. The van der Waals surface area contributed by atoms with E-state index in [0.29, 0.717) is 44.6 Å². The molecule has 0 saturated carbocycles. The average Bonchev–Trinajstić information content (AvgIpc) is 3.29. The molecule has 2 aromatic rings. The van der Waals surface area contributed by atoms with E-state index in [1.54, 1.807) is 12.4 Å². The van der Waals surface area contributed by atoms with Gasteiger partial charge in [-0.05, 0) is 31.9 Å². The van der Waals surface area contributed by atoms with Crippen molar-refractivity contribution in [3.05, 3.63) is 30.4 Å². The third kappa shape index (κ3) is 3.05. The summed E-state index contributed by atoms with van der Waals surface area (Å²) in [6.45, 7) is 5.21. The fraction of sp³-hybridized carbons (Fsp3) is 0.556. The molecule has 1 spiro atoms. The molecule has 8 nitrogen and oxygen atoms in total. The lowest BCUT2D eigenvalue weighted by Gasteiger charge is -2.36. The number of likely N-dealkylation sites (tertiary alicyclic amines) is 1. The van der Waals surface area contributed by atoms with Crippen LogP contribution in [0, 0.1) is 5.41 Å². The van der Waals surface area contributed by atoms with Crippen LogP contribution in [0.25, 0.3) is 11.4 Å². The Morgan fingerprint density at radius 2 is 2.27 bits per heavy atom. The molecule has 2 fully saturated rings. The lowest BCUT2D eigenvalue weighted by atomic mass is 9.72. The Balaban J connectivity index is 1.62. The summed E-state index contributed by atoms with van der Waals surface area (Å²) in [7, 11) is 0. The van der Waals surface area contributed by atoms with Crippen LogP contribution in [-0.4, -0.2) is 58.9 Å². The van der Waals surface area contributed by atoms with E-state index in [4.69, 9.17) is 9.26 Å². The van der Waals surface area contributed by atoms with Crippen molar-refractivity contribution in [3.63, 3.8) is 0 Å². The molecule has 2 amide bonds. The van der Waals surface area contributed by atoms with Crippen molar-refractivity contribution >= 4 is 6.03 Å². The number of carbonyl (C=O) groups excluding carboxylic acids is 1. The minimum absolute atomic E-state index is 0.0203. The largest absolute Gasteiger partial charge is 0.381 e. The van der Waals surface area contributed by atoms with E-state index in [9.17, 15) is 4.79 Å². The third-order valence-corrected chi connectivity index (χ3v) is 5.41. The number of pyridine rings is 1. The highest BCUT2D eigenvalue weighted by Gasteiger charge is 2.51. The summed E-state index contributed by atoms with van der Waals surface area (Å²) in [5, 5.41) is 7.03. The summed E-state index contributed by atoms with van der Waals surface area (Å²) >= 11 is 0. The van der Waals surface area contributed by atoms with Crippen molar-refractivity contribution < 1.29 is 14.1 Å². The van der Waals surface area contributed by atoms with E-state index in [0.717, 1.165) is 18.4 Å². The number of urea groups is 1. The molecule has 2 saturated heterocycles. The van der Waals surface area contributed by atoms with Crippen LogP contribution < -0.4 is 5.32 Å². The van der Waals surface area contributed by atoms with Gasteiger partial charge in [0.05, 0.1) is 5.92 Å². The Morgan fingerprint density at radius 3 is 3.00 bits per heavy atom. The molecule has 0 unspecified atom stereocenters. The quantitative estimate of drug-likeness (QED) is 0.904. The van der Waals surface area contributed by atoms with Gasteiger partial charge in [-0.15, -0.1) is 0 Å². The third-order valence-electron chi connectivity index (χ3n) is 5.41. The second kappa shape index (κ2) is 7.03. The lowest BCUT2D eigenvalue weighted by molar-refractivity contribution is 0.00943. The number of hydrogen-bond acceptors (Lipinski definition) is 6. The molecule has 2 aliphatic heterocycles. The summed E-state index contributed by atoms with van der Waals surface area (Å²) in [6.07, 6.45) is 5.20. The van der Waals surface area contributed by atoms with Gasteiger partial charge in [0.2, 0.25) is 11.7 Å². The highest BCUT2D eigenvalue weighted by molar-refractivity contribution is 5.74. The molecule has 1 atom stereocenters. The van der Waals surface area contributed by atoms with Crippen molar-refractivity contribution in [2.24, 2.45) is 5.41 Å². The van der Waals surface area contributed by atoms with Gasteiger partial charge in [0.1, 0.15) is 0 Å². The zero-order valence-corrected chi connectivity index (χ0v) is 14.9. The molecule has 138 valence electrons. The summed E-state index contributed by atoms with van der Waals surface area (Å²) in [5.74, 6) is 1.15. The number of nitrogens with one attached hydrogen (secondary N) is 1. The Kier molecular flexibility index (Phi) is 4.58. The first-order valence-electron chi connectivity index (χ1n) is 9.06. The smallest absolute Gasteiger partial charge is 0.317 e. The summed E-state index contributed by atoms with van der Waals surface area (Å²) in [4.78, 5) is 23.0. The maximum absolute atomic E-state index is 12.4. The van der Waals surface area contributed by atoms with Crippen LogP contribution in [0.3, 0.4) is 0 Å². The minimum atomic E-state index is -0.0674. The van der Waals surface area contributed by atoms with E-state index in [2.05, 4.69) is 20.4 Å². The van der Waals surface area contributed by atoms with Crippen molar-refractivity contribution in [2.45, 2.75) is 25.7 Å². The number of aromatic nitrogens is 3. The van der Waals surface area contributed by atoms with E-state index in [-0.39, 0.29) is 17.4 Å². The van der Waals surface area contributed by atoms with Crippen LogP contribution in [0.4, 0.5) is 4.79 Å². The predicted octanol–water partition coefficient (Wildman–Crippen LogP) is 2.06. The van der Waals surface area contributed by atoms with Gasteiger partial charge in [-0.2, -0.15) is 4.98 Å². The van der Waals surface area contributed by atoms with E-state index < -0.39 is 0 Å². The van der Waals surface area contributed by atoms with Gasteiger partial charge >= 0.3 is 6.03 Å². The maximum Gasteiger partial charge on any atom is 0.317 e. The monoisotopic (exact) mass is 357 g/mol. The number of nitrogens with zero attached hydrogens (tertiary/aromatic N) is 4. The Hall–Kier alpha value is -2.48. The van der Waals surface area contributed by atoms with Crippen molar-refractivity contribution in [1.29, 1.82) is 0 Å². The zero-order chi connectivity index (χ0) is 18.0. The first kappa shape index (κ1) is 17.0. The minimum Gasteiger partial charge on any atom is -0.381 e. The van der Waals surface area contributed by atoms with Gasteiger partial charge in [-0.3, -0.25) is 4.98 Å². The van der Waals surface area contributed by atoms with Crippen LogP contribution in [0.15, 0.2) is 29.0 Å². The Labute approximate surface area is 151 Å². The van der Waals surface area contributed by atoms with E-state index in [1.165, 1.54) is 0 Å². The summed E-state index contributed by atoms with van der Waals surface area (Å²) in [6, 6.07) is 3.71. The SMILES string of the molecule is CCNC(=O)N1C[C@@H](c2nc(-c3cccnc3)no2)C2(CCOCC2)C1. The second-order valence-electron chi connectivity index (χ2n) is 6.94. The molecular weight excluding hydrogens is 334 g/mol. The normalized spacial score (nSPS) is 21.9. The van der Waals surface area contributed by atoms with Gasteiger partial charge in [0.25, 0.3) is 0 Å². The molecular formula is C18H23N5O3. The van der Waals surface area contributed by atoms with Crippen LogP contribution >= 0.6 is 0 Å². The van der Waals surface area contributed by atoms with Gasteiger partial charge in [-0.1, -0.05) is 5.16 Å². The second-order valence-corrected chi connectivity index (χ2v) is 6.94. The molecule has 4 rings (SSSR count). The summed E-state index contributed by atoms with van der Waals surface area (Å²) < 4.78 is 11.2. The standard InChI is InChI=1S/C18H23N5O3/c1-2-20-17(24)23-11-14(18(12-23)5-8-25-9-6-18)16-21-15(22-26-16)13-4-3-7-19-10-13/h3-4,7,10,14H,2,5-6,8-9,11-12H2,1H3,(H,20,24)/t14-/m0/s1. The lowest BCUT2D eigenvalue weighted by Crippen LogP contribution is -2.41. The van der Waals surface area contributed by atoms with E-state index >= 15 is 0 Å². The van der Waals surface area contributed by atoms with Crippen LogP contribution in [0.2, 0.25) is 0 Å². The molecule has 2 aromatic heterocycles. The molecule has 4 heterocycles. The number of amides is 2. The van der Waals surface area contributed by atoms with Crippen molar-refractivity contribution in [2.75, 3.05) is 32.8 Å². The Morgan fingerprint density at radius 1 is 1.42 bits per heavy atom. The molecule has 26 heavy (non-hydrogen) atoms. The fourth-order valence-electron chi connectivity index (χ4n) is 4.00. The Bertz CT molecular complexity index is 757. The van der Waals surface area contributed by atoms with Gasteiger partial charge in [-0.25, -0.2) is 4.79 Å². The maximum atomic E-state index is 12.4. The summed E-state index contributed by atoms with van der Waals surface area (Å²) in [5.41, 5.74) is 0.754. The molecule has 0 bridgehead atoms. The molecule has 8 heteroatoms. The van der Waals surface area contributed by atoms with Crippen LogP contribution in [0.1, 0.15) is 31.6 Å². The molecule has 1 N–H and O–H groups in total. The van der Waals surface area contributed by atoms with Crippen molar-refractivity contribution in [1.82, 2.24) is 25.3 Å². The molecule has 0 aliphatic carbocycles. The molecule has 0 aromatic carbocycles. The number of rotatable bonds is 3. The van der Waals surface area contributed by atoms with Gasteiger partial charge in [0, 0.05) is 56.2 Å². The number of ether oxygens (including phenoxy) is 1. The number of hydrogen-bond donors (Lipinski definition) is 1. The van der Waals surface area contributed by atoms with Gasteiger partial charge < -0.3 is 19.5 Å².